The number of hydrogen-bond donors (Lipinski definition) is 1. The van der Waals surface area contributed by atoms with Crippen LogP contribution in [-0.4, -0.2) is 49.4 Å². The number of furan rings is 1. The highest BCUT2D eigenvalue weighted by Gasteiger charge is 2.17. The van der Waals surface area contributed by atoms with Gasteiger partial charge < -0.3 is 9.73 Å². The second-order valence-electron chi connectivity index (χ2n) is 4.26. The van der Waals surface area contributed by atoms with Gasteiger partial charge in [0.15, 0.2) is 5.76 Å². The molecule has 0 aliphatic heterocycles. The molecule has 1 aromatic rings. The molecule has 0 radical (unpaired) electrons. The van der Waals surface area contributed by atoms with Gasteiger partial charge in [-0.05, 0) is 12.5 Å². The Balaban J connectivity index is 2.41. The van der Waals surface area contributed by atoms with Gasteiger partial charge in [0, 0.05) is 19.6 Å². The highest BCUT2D eigenvalue weighted by Crippen LogP contribution is 2.15. The zero-order valence-corrected chi connectivity index (χ0v) is 12.6. The molecule has 1 rings (SSSR count). The summed E-state index contributed by atoms with van der Waals surface area (Å²) < 4.78 is 28.7. The zero-order valence-electron chi connectivity index (χ0n) is 11.7. The largest absolute Gasteiger partial charge is 0.433 e. The van der Waals surface area contributed by atoms with Gasteiger partial charge in [0.25, 0.3) is 5.91 Å². The second kappa shape index (κ2) is 7.18. The van der Waals surface area contributed by atoms with Crippen molar-refractivity contribution in [1.29, 1.82) is 0 Å². The number of rotatable bonds is 8. The van der Waals surface area contributed by atoms with Gasteiger partial charge >= 0.3 is 5.88 Å². The van der Waals surface area contributed by atoms with Crippen molar-refractivity contribution in [2.45, 2.75) is 13.3 Å². The Morgan fingerprint density at radius 2 is 2.14 bits per heavy atom. The number of amides is 1. The lowest BCUT2D eigenvalue weighted by Gasteiger charge is -2.17. The van der Waals surface area contributed by atoms with Gasteiger partial charge in [0.05, 0.1) is 12.3 Å². The molecule has 0 aromatic carbocycles. The average Bonchev–Trinajstić information content (AvgIpc) is 2.86. The van der Waals surface area contributed by atoms with Gasteiger partial charge in [-0.25, -0.2) is 12.7 Å². The summed E-state index contributed by atoms with van der Waals surface area (Å²) in [5, 5.41) is 12.9. The van der Waals surface area contributed by atoms with Crippen LogP contribution < -0.4 is 5.32 Å². The first-order chi connectivity index (χ1) is 9.75. The minimum atomic E-state index is -3.25. The summed E-state index contributed by atoms with van der Waals surface area (Å²) in [6.45, 7) is 2.60. The van der Waals surface area contributed by atoms with Crippen molar-refractivity contribution >= 4 is 21.8 Å². The van der Waals surface area contributed by atoms with Gasteiger partial charge in [0.2, 0.25) is 10.0 Å². The summed E-state index contributed by atoms with van der Waals surface area (Å²) in [7, 11) is -3.25. The fraction of sp³-hybridized carbons (Fsp3) is 0.545. The molecule has 118 valence electrons. The Hall–Kier alpha value is -1.94. The van der Waals surface area contributed by atoms with Crippen LogP contribution in [0.1, 0.15) is 23.9 Å². The Bertz CT molecular complexity index is 609. The second-order valence-corrected chi connectivity index (χ2v) is 6.24. The van der Waals surface area contributed by atoms with Crippen molar-refractivity contribution in [1.82, 2.24) is 9.62 Å². The van der Waals surface area contributed by atoms with Gasteiger partial charge in [0.1, 0.15) is 4.92 Å². The number of carbonyl (C=O) groups is 1. The van der Waals surface area contributed by atoms with Gasteiger partial charge in [-0.3, -0.25) is 14.9 Å². The van der Waals surface area contributed by atoms with E-state index in [2.05, 4.69) is 5.32 Å². The van der Waals surface area contributed by atoms with E-state index in [1.165, 1.54) is 10.4 Å². The van der Waals surface area contributed by atoms with Crippen molar-refractivity contribution in [2.75, 3.05) is 25.9 Å². The number of nitrogens with one attached hydrogen (secondary N) is 1. The van der Waals surface area contributed by atoms with Crippen molar-refractivity contribution < 1.29 is 22.6 Å². The van der Waals surface area contributed by atoms with Crippen LogP contribution in [0, 0.1) is 10.1 Å². The van der Waals surface area contributed by atoms with Crippen molar-refractivity contribution in [2.24, 2.45) is 0 Å². The lowest BCUT2D eigenvalue weighted by Crippen LogP contribution is -2.33. The SMILES string of the molecule is CCN(CCCNC(=O)c1ccc([N+](=O)[O-])o1)S(C)(=O)=O. The average molecular weight is 319 g/mol. The first-order valence-electron chi connectivity index (χ1n) is 6.23. The van der Waals surface area contributed by atoms with Gasteiger partial charge in [-0.2, -0.15) is 0 Å². The van der Waals surface area contributed by atoms with E-state index in [1.807, 2.05) is 0 Å². The Kier molecular flexibility index (Phi) is 5.85. The van der Waals surface area contributed by atoms with E-state index in [9.17, 15) is 23.3 Å². The summed E-state index contributed by atoms with van der Waals surface area (Å²) >= 11 is 0. The first-order valence-corrected chi connectivity index (χ1v) is 8.08. The molecule has 10 heteroatoms. The van der Waals surface area contributed by atoms with Gasteiger partial charge in [-0.1, -0.05) is 6.92 Å². The molecule has 21 heavy (non-hydrogen) atoms. The molecule has 1 heterocycles. The molecule has 0 atom stereocenters. The predicted molar refractivity (Wildman–Crippen MR) is 74.4 cm³/mol. The van der Waals surface area contributed by atoms with Crippen LogP contribution in [0.2, 0.25) is 0 Å². The van der Waals surface area contributed by atoms with Crippen LogP contribution in [0.4, 0.5) is 5.88 Å². The quantitative estimate of drug-likeness (QED) is 0.425. The number of nitro groups is 1. The van der Waals surface area contributed by atoms with Crippen molar-refractivity contribution in [3.63, 3.8) is 0 Å². The highest BCUT2D eigenvalue weighted by molar-refractivity contribution is 7.88. The molecule has 1 amide bonds. The van der Waals surface area contributed by atoms with Crippen LogP contribution in [0.5, 0.6) is 0 Å². The Labute approximate surface area is 122 Å². The van der Waals surface area contributed by atoms with Crippen LogP contribution >= 0.6 is 0 Å². The molecule has 1 N–H and O–H groups in total. The minimum Gasteiger partial charge on any atom is -0.395 e. The van der Waals surface area contributed by atoms with Crippen LogP contribution in [0.3, 0.4) is 0 Å². The lowest BCUT2D eigenvalue weighted by molar-refractivity contribution is -0.402. The van der Waals surface area contributed by atoms with Crippen LogP contribution in [0.25, 0.3) is 0 Å². The topological polar surface area (TPSA) is 123 Å². The summed E-state index contributed by atoms with van der Waals surface area (Å²) in [4.78, 5) is 21.3. The number of carbonyl (C=O) groups excluding carboxylic acids is 1. The normalized spacial score (nSPS) is 11.6. The summed E-state index contributed by atoms with van der Waals surface area (Å²) in [6.07, 6.45) is 1.55. The maximum Gasteiger partial charge on any atom is 0.433 e. The third kappa shape index (κ3) is 5.16. The maximum atomic E-state index is 11.6. The fourth-order valence-corrected chi connectivity index (χ4v) is 2.58. The van der Waals surface area contributed by atoms with Crippen LogP contribution in [-0.2, 0) is 10.0 Å². The molecule has 1 aromatic heterocycles. The molecule has 0 aliphatic rings. The smallest absolute Gasteiger partial charge is 0.395 e. The van der Waals surface area contributed by atoms with E-state index in [1.54, 1.807) is 6.92 Å². The summed E-state index contributed by atoms with van der Waals surface area (Å²) in [6, 6.07) is 2.31. The third-order valence-electron chi connectivity index (χ3n) is 2.69. The van der Waals surface area contributed by atoms with Gasteiger partial charge in [-0.15, -0.1) is 0 Å². The lowest BCUT2D eigenvalue weighted by atomic mass is 10.3. The molecule has 0 spiro atoms. The van der Waals surface area contributed by atoms with Crippen molar-refractivity contribution in [3.8, 4) is 0 Å². The standard InChI is InChI=1S/C11H17N3O6S/c1-3-13(21(2,18)19)8-4-7-12-11(15)9-5-6-10(20-9)14(16)17/h5-6H,3-4,7-8H2,1-2H3,(H,12,15). The number of hydrogen-bond acceptors (Lipinski definition) is 6. The van der Waals surface area contributed by atoms with E-state index in [4.69, 9.17) is 4.42 Å². The van der Waals surface area contributed by atoms with E-state index in [-0.39, 0.29) is 18.8 Å². The van der Waals surface area contributed by atoms with E-state index in [0.29, 0.717) is 13.0 Å². The molecule has 0 aliphatic carbocycles. The number of sulfonamides is 1. The molecule has 9 nitrogen and oxygen atoms in total. The summed E-state index contributed by atoms with van der Waals surface area (Å²) in [5.74, 6) is -1.24. The molecule has 0 saturated carbocycles. The molecular formula is C11H17N3O6S. The molecule has 0 bridgehead atoms. The summed E-state index contributed by atoms with van der Waals surface area (Å²) in [5.41, 5.74) is 0. The fourth-order valence-electron chi connectivity index (χ4n) is 1.65. The van der Waals surface area contributed by atoms with Crippen molar-refractivity contribution in [3.05, 3.63) is 28.0 Å². The monoisotopic (exact) mass is 319 g/mol. The third-order valence-corrected chi connectivity index (χ3v) is 4.07. The minimum absolute atomic E-state index is 0.155. The predicted octanol–water partition coefficient (Wildman–Crippen LogP) is 0.589. The first kappa shape index (κ1) is 17.1. The highest BCUT2D eigenvalue weighted by atomic mass is 32.2. The molecular weight excluding hydrogens is 302 g/mol. The molecule has 0 unspecified atom stereocenters. The Morgan fingerprint density at radius 1 is 1.48 bits per heavy atom. The van der Waals surface area contributed by atoms with E-state index >= 15 is 0 Å². The van der Waals surface area contributed by atoms with E-state index in [0.717, 1.165) is 12.3 Å². The molecule has 0 saturated heterocycles. The Morgan fingerprint density at radius 3 is 2.62 bits per heavy atom. The van der Waals surface area contributed by atoms with E-state index < -0.39 is 26.7 Å². The number of nitrogens with zero attached hydrogens (tertiary/aromatic N) is 2. The van der Waals surface area contributed by atoms with Crippen LogP contribution in [0.15, 0.2) is 16.5 Å². The zero-order chi connectivity index (χ0) is 16.0. The maximum absolute atomic E-state index is 11.6. The molecule has 0 fully saturated rings.